The Morgan fingerprint density at radius 3 is 2.29 bits per heavy atom. The van der Waals surface area contributed by atoms with Crippen molar-refractivity contribution in [2.45, 2.75) is 31.2 Å². The van der Waals surface area contributed by atoms with Gasteiger partial charge >= 0.3 is 0 Å². The van der Waals surface area contributed by atoms with Gasteiger partial charge in [0.05, 0.1) is 5.54 Å². The number of hydrogen-bond acceptors (Lipinski definition) is 1. The Kier molecular flexibility index (Phi) is 4.06. The van der Waals surface area contributed by atoms with Crippen LogP contribution in [0, 0.1) is 5.92 Å². The van der Waals surface area contributed by atoms with Crippen LogP contribution in [0.15, 0.2) is 48.5 Å². The average Bonchev–Trinajstić information content (AvgIpc) is 3.31. The van der Waals surface area contributed by atoms with E-state index in [0.29, 0.717) is 16.5 Å². The van der Waals surface area contributed by atoms with Crippen LogP contribution in [0.4, 0.5) is 0 Å². The monoisotopic (exact) mass is 359 g/mol. The quantitative estimate of drug-likeness (QED) is 0.745. The van der Waals surface area contributed by atoms with Crippen LogP contribution in [-0.2, 0) is 16.8 Å². The van der Waals surface area contributed by atoms with Crippen LogP contribution in [0.25, 0.3) is 0 Å². The smallest absolute Gasteiger partial charge is 0.226 e. The molecule has 1 saturated heterocycles. The zero-order valence-electron chi connectivity index (χ0n) is 13.3. The lowest BCUT2D eigenvalue weighted by molar-refractivity contribution is -0.133. The molecule has 1 saturated carbocycles. The summed E-state index contributed by atoms with van der Waals surface area (Å²) in [6.45, 7) is 0.820. The van der Waals surface area contributed by atoms with Gasteiger partial charge in [-0.05, 0) is 48.9 Å². The lowest BCUT2D eigenvalue weighted by Gasteiger charge is -2.29. The predicted molar refractivity (Wildman–Crippen MR) is 97.3 cm³/mol. The van der Waals surface area contributed by atoms with E-state index in [1.165, 1.54) is 5.56 Å². The molecule has 4 rings (SSSR count). The lowest BCUT2D eigenvalue weighted by Crippen LogP contribution is -2.38. The maximum atomic E-state index is 13.0. The second kappa shape index (κ2) is 6.09. The topological polar surface area (TPSA) is 20.3 Å². The van der Waals surface area contributed by atoms with Crippen molar-refractivity contribution in [1.82, 2.24) is 4.90 Å². The van der Waals surface area contributed by atoms with Gasteiger partial charge < -0.3 is 4.90 Å². The fourth-order valence-electron chi connectivity index (χ4n) is 3.91. The SMILES string of the molecule is O=C1C(Cc2c(Cl)cccc2Cl)CCN1C1(c2ccccc2)CC1. The van der Waals surface area contributed by atoms with Crippen LogP contribution in [-0.4, -0.2) is 17.4 Å². The van der Waals surface area contributed by atoms with E-state index in [9.17, 15) is 4.79 Å². The number of halogens is 2. The van der Waals surface area contributed by atoms with Crippen molar-refractivity contribution in [2.24, 2.45) is 5.92 Å². The van der Waals surface area contributed by atoms with Gasteiger partial charge in [-0.3, -0.25) is 4.79 Å². The predicted octanol–water partition coefficient (Wildman–Crippen LogP) is 5.07. The molecule has 0 spiro atoms. The maximum absolute atomic E-state index is 13.0. The number of carbonyl (C=O) groups excluding carboxylic acids is 1. The number of benzene rings is 2. The summed E-state index contributed by atoms with van der Waals surface area (Å²) in [6, 6.07) is 15.9. The van der Waals surface area contributed by atoms with Crippen LogP contribution < -0.4 is 0 Å². The third kappa shape index (κ3) is 2.62. The van der Waals surface area contributed by atoms with Gasteiger partial charge in [-0.2, -0.15) is 0 Å². The lowest BCUT2D eigenvalue weighted by atomic mass is 9.97. The Bertz CT molecular complexity index is 750. The van der Waals surface area contributed by atoms with Crippen LogP contribution >= 0.6 is 23.2 Å². The van der Waals surface area contributed by atoms with E-state index in [1.54, 1.807) is 0 Å². The summed E-state index contributed by atoms with van der Waals surface area (Å²) in [6.07, 6.45) is 3.61. The second-order valence-corrected chi connectivity index (χ2v) is 7.59. The molecule has 0 aromatic heterocycles. The Hall–Kier alpha value is -1.51. The van der Waals surface area contributed by atoms with Crippen molar-refractivity contribution in [3.63, 3.8) is 0 Å². The van der Waals surface area contributed by atoms with Crippen LogP contribution in [0.1, 0.15) is 30.4 Å². The Labute approximate surface area is 152 Å². The van der Waals surface area contributed by atoms with Gasteiger partial charge in [-0.1, -0.05) is 59.6 Å². The first-order valence-electron chi connectivity index (χ1n) is 8.42. The zero-order chi connectivity index (χ0) is 16.7. The summed E-state index contributed by atoms with van der Waals surface area (Å²) in [7, 11) is 0. The van der Waals surface area contributed by atoms with E-state index in [2.05, 4.69) is 29.2 Å². The minimum absolute atomic E-state index is 0.0245. The molecule has 1 heterocycles. The number of hydrogen-bond donors (Lipinski definition) is 0. The number of likely N-dealkylation sites (tertiary alicyclic amines) is 1. The van der Waals surface area contributed by atoms with Crippen molar-refractivity contribution in [3.8, 4) is 0 Å². The van der Waals surface area contributed by atoms with Crippen molar-refractivity contribution in [1.29, 1.82) is 0 Å². The molecule has 0 bridgehead atoms. The van der Waals surface area contributed by atoms with E-state index in [1.807, 2.05) is 24.3 Å². The fraction of sp³-hybridized carbons (Fsp3) is 0.350. The molecular formula is C20H19Cl2NO. The summed E-state index contributed by atoms with van der Waals surface area (Å²) in [5, 5.41) is 1.30. The molecule has 2 aromatic rings. The first kappa shape index (κ1) is 16.0. The third-order valence-corrected chi connectivity index (χ3v) is 6.09. The zero-order valence-corrected chi connectivity index (χ0v) is 14.9. The van der Waals surface area contributed by atoms with Gasteiger partial charge in [0.2, 0.25) is 5.91 Å². The molecule has 4 heteroatoms. The standard InChI is InChI=1S/C20H19Cl2NO/c21-17-7-4-8-18(22)16(17)13-14-9-12-23(19(14)24)20(10-11-20)15-5-2-1-3-6-15/h1-8,14H,9-13H2. The molecule has 1 amide bonds. The highest BCUT2D eigenvalue weighted by molar-refractivity contribution is 6.36. The summed E-state index contributed by atoms with van der Waals surface area (Å²) < 4.78 is 0. The average molecular weight is 360 g/mol. The maximum Gasteiger partial charge on any atom is 0.226 e. The number of amides is 1. The third-order valence-electron chi connectivity index (χ3n) is 5.38. The number of rotatable bonds is 4. The van der Waals surface area contributed by atoms with Gasteiger partial charge in [0, 0.05) is 22.5 Å². The molecule has 1 atom stereocenters. The molecule has 0 N–H and O–H groups in total. The van der Waals surface area contributed by atoms with E-state index >= 15 is 0 Å². The van der Waals surface area contributed by atoms with Gasteiger partial charge in [-0.25, -0.2) is 0 Å². The van der Waals surface area contributed by atoms with Crippen LogP contribution in [0.3, 0.4) is 0 Å². The molecule has 24 heavy (non-hydrogen) atoms. The molecule has 124 valence electrons. The van der Waals surface area contributed by atoms with Crippen LogP contribution in [0.5, 0.6) is 0 Å². The highest BCUT2D eigenvalue weighted by Gasteiger charge is 2.54. The minimum Gasteiger partial charge on any atom is -0.333 e. The summed E-state index contributed by atoms with van der Waals surface area (Å²) in [5.74, 6) is 0.218. The van der Waals surface area contributed by atoms with E-state index in [0.717, 1.165) is 31.4 Å². The highest BCUT2D eigenvalue weighted by Crippen LogP contribution is 2.53. The first-order chi connectivity index (χ1) is 11.6. The first-order valence-corrected chi connectivity index (χ1v) is 9.17. The normalized spacial score (nSPS) is 22.0. The molecule has 1 aliphatic carbocycles. The Morgan fingerprint density at radius 1 is 1.00 bits per heavy atom. The molecule has 2 fully saturated rings. The van der Waals surface area contributed by atoms with E-state index < -0.39 is 0 Å². The van der Waals surface area contributed by atoms with Crippen molar-refractivity contribution < 1.29 is 4.79 Å². The number of nitrogens with zero attached hydrogens (tertiary/aromatic N) is 1. The Morgan fingerprint density at radius 2 is 1.67 bits per heavy atom. The van der Waals surface area contributed by atoms with Crippen LogP contribution in [0.2, 0.25) is 10.0 Å². The van der Waals surface area contributed by atoms with Crippen molar-refractivity contribution in [2.75, 3.05) is 6.54 Å². The van der Waals surface area contributed by atoms with Gasteiger partial charge in [-0.15, -0.1) is 0 Å². The molecular weight excluding hydrogens is 341 g/mol. The molecule has 2 nitrogen and oxygen atoms in total. The van der Waals surface area contributed by atoms with Gasteiger partial charge in [0.1, 0.15) is 0 Å². The molecule has 0 radical (unpaired) electrons. The van der Waals surface area contributed by atoms with Crippen molar-refractivity contribution in [3.05, 3.63) is 69.7 Å². The largest absolute Gasteiger partial charge is 0.333 e. The minimum atomic E-state index is -0.0721. The molecule has 2 aromatic carbocycles. The summed E-state index contributed by atoms with van der Waals surface area (Å²) >= 11 is 12.6. The highest BCUT2D eigenvalue weighted by atomic mass is 35.5. The van der Waals surface area contributed by atoms with E-state index in [4.69, 9.17) is 23.2 Å². The molecule has 2 aliphatic rings. The summed E-state index contributed by atoms with van der Waals surface area (Å²) in [5.41, 5.74) is 2.08. The molecule has 1 aliphatic heterocycles. The molecule has 1 unspecified atom stereocenters. The fourth-order valence-corrected chi connectivity index (χ4v) is 4.46. The summed E-state index contributed by atoms with van der Waals surface area (Å²) in [4.78, 5) is 15.1. The Balaban J connectivity index is 1.55. The van der Waals surface area contributed by atoms with Gasteiger partial charge in [0.15, 0.2) is 0 Å². The van der Waals surface area contributed by atoms with E-state index in [-0.39, 0.29) is 17.4 Å². The number of carbonyl (C=O) groups is 1. The second-order valence-electron chi connectivity index (χ2n) is 6.78. The van der Waals surface area contributed by atoms with Gasteiger partial charge in [0.25, 0.3) is 0 Å². The van der Waals surface area contributed by atoms with Crippen molar-refractivity contribution >= 4 is 29.1 Å².